The molecule has 0 aliphatic carbocycles. The quantitative estimate of drug-likeness (QED) is 0.140. The van der Waals surface area contributed by atoms with Crippen molar-refractivity contribution in [3.63, 3.8) is 0 Å². The molecule has 0 amide bonds. The number of carbonyl (C=O) groups is 1. The zero-order valence-electron chi connectivity index (χ0n) is 25.0. The Morgan fingerprint density at radius 3 is 2.11 bits per heavy atom. The molecule has 2 heterocycles. The molecule has 5 nitrogen and oxygen atoms in total. The summed E-state index contributed by atoms with van der Waals surface area (Å²) in [5.41, 5.74) is 8.58. The number of nitrogens with zero attached hydrogens (tertiary/aromatic N) is 2. The Balaban J connectivity index is 0.00000357. The summed E-state index contributed by atoms with van der Waals surface area (Å²) in [7, 11) is 0. The van der Waals surface area contributed by atoms with Crippen LogP contribution in [-0.4, -0.2) is 10.4 Å². The fourth-order valence-electron chi connectivity index (χ4n) is 5.95. The van der Waals surface area contributed by atoms with Crippen LogP contribution in [0, 0.1) is 13.8 Å². The normalized spacial score (nSPS) is 11.8. The van der Waals surface area contributed by atoms with Gasteiger partial charge in [-0.1, -0.05) is 103 Å². The van der Waals surface area contributed by atoms with E-state index in [9.17, 15) is 9.59 Å². The van der Waals surface area contributed by atoms with Crippen molar-refractivity contribution in [2.75, 3.05) is 0 Å². The summed E-state index contributed by atoms with van der Waals surface area (Å²) in [6, 6.07) is 41.1. The molecule has 5 aromatic carbocycles. The molecule has 1 atom stereocenters. The number of ketones is 1. The van der Waals surface area contributed by atoms with Gasteiger partial charge < -0.3 is 21.4 Å². The molecule has 0 aliphatic heterocycles. The highest BCUT2D eigenvalue weighted by atomic mass is 79.9. The topological polar surface area (TPSA) is 56.1 Å². The highest BCUT2D eigenvalue weighted by Gasteiger charge is 2.30. The SMILES string of the molecule is Cc1cc2c(cc1C)[n+](CC(=O)c1ccc(-c3ccccc3)cc1)cn2C(c1ccccc1)c1cc2ccccc2oc1=O.[Br-]. The average Bonchev–Trinajstić information content (AvgIpc) is 3.38. The first-order chi connectivity index (χ1) is 21.5. The number of hydrogen-bond donors (Lipinski definition) is 0. The van der Waals surface area contributed by atoms with E-state index in [-0.39, 0.29) is 34.9 Å². The zero-order chi connectivity index (χ0) is 30.2. The smallest absolute Gasteiger partial charge is 0.344 e. The third-order valence-corrected chi connectivity index (χ3v) is 8.43. The number of para-hydroxylation sites is 1. The van der Waals surface area contributed by atoms with Crippen molar-refractivity contribution >= 4 is 27.8 Å². The maximum Gasteiger partial charge on any atom is 0.344 e. The molecule has 0 saturated carbocycles. The molecule has 0 fully saturated rings. The first-order valence-corrected chi connectivity index (χ1v) is 14.7. The highest BCUT2D eigenvalue weighted by molar-refractivity contribution is 5.95. The number of imidazole rings is 1. The number of aromatic nitrogens is 2. The number of aryl methyl sites for hydroxylation is 2. The number of Topliss-reactive ketones (excluding diaryl/α,β-unsaturated/α-hetero) is 1. The minimum atomic E-state index is -0.469. The van der Waals surface area contributed by atoms with Crippen LogP contribution < -0.4 is 27.2 Å². The summed E-state index contributed by atoms with van der Waals surface area (Å²) < 4.78 is 9.91. The third kappa shape index (κ3) is 5.77. The van der Waals surface area contributed by atoms with Crippen LogP contribution >= 0.6 is 0 Å². The Kier molecular flexibility index (Phi) is 8.33. The van der Waals surface area contributed by atoms with Crippen LogP contribution in [0.1, 0.15) is 38.7 Å². The number of halogens is 1. The van der Waals surface area contributed by atoms with E-state index in [1.807, 2.05) is 108 Å². The standard InChI is InChI=1S/C39H31N2O3.BrH/c1-26-21-34-35(22-27(26)2)41(25-40(34)24-36(42)30-19-17-29(18-20-30)28-11-5-3-6-12-28)38(31-13-7-4-8-14-31)33-23-32-15-9-10-16-37(32)44-39(33)43;/h3-23,25,38H,24H2,1-2H3;1H/q+1;/p-1. The Bertz CT molecular complexity index is 2200. The second kappa shape index (κ2) is 12.5. The Morgan fingerprint density at radius 2 is 1.38 bits per heavy atom. The van der Waals surface area contributed by atoms with Crippen molar-refractivity contribution in [3.8, 4) is 11.1 Å². The van der Waals surface area contributed by atoms with Gasteiger partial charge in [0.05, 0.1) is 5.56 Å². The van der Waals surface area contributed by atoms with Gasteiger partial charge in [-0.05, 0) is 60.4 Å². The first kappa shape index (κ1) is 30.0. The first-order valence-electron chi connectivity index (χ1n) is 14.7. The third-order valence-electron chi connectivity index (χ3n) is 8.43. The molecule has 0 N–H and O–H groups in total. The predicted octanol–water partition coefficient (Wildman–Crippen LogP) is 4.84. The zero-order valence-corrected chi connectivity index (χ0v) is 26.6. The van der Waals surface area contributed by atoms with Crippen LogP contribution in [0.5, 0.6) is 0 Å². The van der Waals surface area contributed by atoms with Crippen molar-refractivity contribution in [2.45, 2.75) is 26.4 Å². The number of fused-ring (bicyclic) bond motifs is 2. The molecule has 7 aromatic rings. The van der Waals surface area contributed by atoms with Crippen molar-refractivity contribution in [3.05, 3.63) is 172 Å². The van der Waals surface area contributed by atoms with Crippen LogP contribution in [0.4, 0.5) is 0 Å². The van der Waals surface area contributed by atoms with Crippen LogP contribution in [0.25, 0.3) is 33.1 Å². The lowest BCUT2D eigenvalue weighted by Crippen LogP contribution is -3.00. The van der Waals surface area contributed by atoms with Gasteiger partial charge in [0.1, 0.15) is 5.58 Å². The molecule has 0 saturated heterocycles. The lowest BCUT2D eigenvalue weighted by molar-refractivity contribution is -0.658. The van der Waals surface area contributed by atoms with E-state index in [0.29, 0.717) is 16.7 Å². The number of hydrogen-bond acceptors (Lipinski definition) is 3. The second-order valence-electron chi connectivity index (χ2n) is 11.3. The summed E-state index contributed by atoms with van der Waals surface area (Å²) in [6.45, 7) is 4.32. The largest absolute Gasteiger partial charge is 1.00 e. The second-order valence-corrected chi connectivity index (χ2v) is 11.3. The monoisotopic (exact) mass is 654 g/mol. The van der Waals surface area contributed by atoms with E-state index in [4.69, 9.17) is 4.42 Å². The predicted molar refractivity (Wildman–Crippen MR) is 174 cm³/mol. The molecule has 0 aliphatic rings. The molecule has 0 spiro atoms. The highest BCUT2D eigenvalue weighted by Crippen LogP contribution is 2.31. The van der Waals surface area contributed by atoms with Crippen molar-refractivity contribution in [1.29, 1.82) is 0 Å². The molecule has 45 heavy (non-hydrogen) atoms. The molecule has 0 radical (unpaired) electrons. The average molecular weight is 656 g/mol. The van der Waals surface area contributed by atoms with Crippen molar-refractivity contribution < 1.29 is 30.8 Å². The molecular weight excluding hydrogens is 624 g/mol. The van der Waals surface area contributed by atoms with E-state index >= 15 is 0 Å². The molecule has 222 valence electrons. The lowest BCUT2D eigenvalue weighted by atomic mass is 9.98. The Hall–Kier alpha value is -5.07. The van der Waals surface area contributed by atoms with Gasteiger partial charge in [0.25, 0.3) is 0 Å². The van der Waals surface area contributed by atoms with Gasteiger partial charge in [0.2, 0.25) is 12.1 Å². The summed E-state index contributed by atoms with van der Waals surface area (Å²) in [5, 5.41) is 0.855. The van der Waals surface area contributed by atoms with Gasteiger partial charge in [-0.15, -0.1) is 0 Å². The molecule has 1 unspecified atom stereocenters. The Labute approximate surface area is 271 Å². The van der Waals surface area contributed by atoms with Crippen LogP contribution in [-0.2, 0) is 6.54 Å². The fourth-order valence-corrected chi connectivity index (χ4v) is 5.95. The van der Waals surface area contributed by atoms with Gasteiger partial charge in [-0.3, -0.25) is 4.79 Å². The maximum atomic E-state index is 13.7. The maximum absolute atomic E-state index is 13.7. The van der Waals surface area contributed by atoms with E-state index < -0.39 is 6.04 Å². The van der Waals surface area contributed by atoms with E-state index in [2.05, 4.69) is 42.7 Å². The molecule has 7 rings (SSSR count). The van der Waals surface area contributed by atoms with Crippen molar-refractivity contribution in [1.82, 2.24) is 4.57 Å². The molecular formula is C39H31BrN2O3. The van der Waals surface area contributed by atoms with Crippen LogP contribution in [0.2, 0.25) is 0 Å². The Morgan fingerprint density at radius 1 is 0.756 bits per heavy atom. The summed E-state index contributed by atoms with van der Waals surface area (Å²) >= 11 is 0. The van der Waals surface area contributed by atoms with Crippen LogP contribution in [0.3, 0.4) is 0 Å². The lowest BCUT2D eigenvalue weighted by Gasteiger charge is -2.15. The number of carbonyl (C=O) groups excluding carboxylic acids is 1. The van der Waals surface area contributed by atoms with Crippen molar-refractivity contribution in [2.24, 2.45) is 0 Å². The van der Waals surface area contributed by atoms with Gasteiger partial charge in [-0.25, -0.2) is 13.9 Å². The summed E-state index contributed by atoms with van der Waals surface area (Å²) in [4.78, 5) is 27.2. The minimum absolute atomic E-state index is 0. The van der Waals surface area contributed by atoms with Gasteiger partial charge in [-0.2, -0.15) is 0 Å². The van der Waals surface area contributed by atoms with E-state index in [1.165, 1.54) is 0 Å². The van der Waals surface area contributed by atoms with E-state index in [1.54, 1.807) is 6.07 Å². The van der Waals surface area contributed by atoms with E-state index in [0.717, 1.165) is 44.2 Å². The molecule has 2 aromatic heterocycles. The fraction of sp³-hybridized carbons (Fsp3) is 0.103. The summed E-state index contributed by atoms with van der Waals surface area (Å²) in [6.07, 6.45) is 1.96. The van der Waals surface area contributed by atoms with Gasteiger partial charge >= 0.3 is 5.63 Å². The minimum Gasteiger partial charge on any atom is -1.00 e. The number of benzene rings is 5. The van der Waals surface area contributed by atoms with Crippen LogP contribution in [0.15, 0.2) is 143 Å². The molecule has 0 bridgehead atoms. The molecule has 6 heteroatoms. The van der Waals surface area contributed by atoms with Gasteiger partial charge in [0.15, 0.2) is 23.6 Å². The number of rotatable bonds is 7. The summed E-state index contributed by atoms with van der Waals surface area (Å²) in [5.74, 6) is 0.00775. The van der Waals surface area contributed by atoms with Gasteiger partial charge in [0, 0.05) is 16.5 Å².